The number of anilines is 2. The van der Waals surface area contributed by atoms with Gasteiger partial charge in [-0.3, -0.25) is 14.6 Å². The van der Waals surface area contributed by atoms with E-state index in [0.717, 1.165) is 11.1 Å². The van der Waals surface area contributed by atoms with Crippen molar-refractivity contribution >= 4 is 23.2 Å². The lowest BCUT2D eigenvalue weighted by molar-refractivity contribution is -0.120. The Kier molecular flexibility index (Phi) is 4.90. The fraction of sp³-hybridized carbons (Fsp3) is 0.158. The van der Waals surface area contributed by atoms with Crippen LogP contribution in [0.25, 0.3) is 0 Å². The minimum absolute atomic E-state index is 0.221. The zero-order valence-electron chi connectivity index (χ0n) is 14.6. The van der Waals surface area contributed by atoms with Crippen molar-refractivity contribution in [3.05, 3.63) is 71.6 Å². The van der Waals surface area contributed by atoms with Gasteiger partial charge in [-0.15, -0.1) is 0 Å². The number of nitrogens with zero attached hydrogens (tertiary/aromatic N) is 1. The van der Waals surface area contributed by atoms with E-state index in [1.807, 2.05) is 50.2 Å². The van der Waals surface area contributed by atoms with Crippen LogP contribution >= 0.6 is 0 Å². The molecule has 134 valence electrons. The summed E-state index contributed by atoms with van der Waals surface area (Å²) in [6, 6.07) is 14.9. The Morgan fingerprint density at radius 2 is 1.58 bits per heavy atom. The molecule has 0 radical (unpaired) electrons. The summed E-state index contributed by atoms with van der Waals surface area (Å²) in [5.74, 6) is 5.14. The smallest absolute Gasteiger partial charge is 0.273 e. The molecule has 1 heterocycles. The van der Waals surface area contributed by atoms with Gasteiger partial charge in [-0.1, -0.05) is 24.3 Å². The van der Waals surface area contributed by atoms with Gasteiger partial charge in [-0.25, -0.2) is 5.84 Å². The first-order valence-corrected chi connectivity index (χ1v) is 8.19. The molecule has 1 unspecified atom stereocenters. The molecule has 1 aliphatic rings. The topological polar surface area (TPSA) is 99.5 Å². The Hall–Kier alpha value is -3.32. The normalized spacial score (nSPS) is 15.9. The molecular formula is C19H21N5O2. The zero-order valence-corrected chi connectivity index (χ0v) is 14.6. The molecule has 0 saturated carbocycles. The first-order valence-electron chi connectivity index (χ1n) is 8.19. The van der Waals surface area contributed by atoms with Gasteiger partial charge >= 0.3 is 0 Å². The summed E-state index contributed by atoms with van der Waals surface area (Å²) in [6.45, 7) is 3.88. The van der Waals surface area contributed by atoms with Crippen LogP contribution in [0.1, 0.15) is 11.1 Å². The molecule has 5 N–H and O–H groups in total. The predicted octanol–water partition coefficient (Wildman–Crippen LogP) is 1.83. The molecule has 2 amide bonds. The molecule has 0 aliphatic carbocycles. The molecule has 3 rings (SSSR count). The molecular weight excluding hydrogens is 330 g/mol. The van der Waals surface area contributed by atoms with Crippen LogP contribution in [0.4, 0.5) is 11.4 Å². The van der Waals surface area contributed by atoms with Crippen molar-refractivity contribution in [3.8, 4) is 0 Å². The minimum atomic E-state index is -0.867. The van der Waals surface area contributed by atoms with Crippen LogP contribution in [0.2, 0.25) is 0 Å². The van der Waals surface area contributed by atoms with E-state index in [-0.39, 0.29) is 17.5 Å². The van der Waals surface area contributed by atoms with Crippen molar-refractivity contribution in [1.29, 1.82) is 0 Å². The molecule has 2 aromatic carbocycles. The summed E-state index contributed by atoms with van der Waals surface area (Å²) in [5, 5.41) is 9.59. The summed E-state index contributed by atoms with van der Waals surface area (Å²) in [4.78, 5) is 24.8. The molecule has 0 fully saturated rings. The van der Waals surface area contributed by atoms with E-state index in [1.54, 1.807) is 12.1 Å². The van der Waals surface area contributed by atoms with E-state index >= 15 is 0 Å². The number of hydrogen-bond acceptors (Lipinski definition) is 5. The Bertz CT molecular complexity index is 878. The van der Waals surface area contributed by atoms with Crippen molar-refractivity contribution in [2.75, 3.05) is 10.6 Å². The summed E-state index contributed by atoms with van der Waals surface area (Å²) in [7, 11) is 0. The fourth-order valence-corrected chi connectivity index (χ4v) is 2.66. The standard InChI is InChI=1S/C19H21N5O2/c1-12-5-3-7-14(9-12)21-18(25)16-11-24(20)17(23-16)19(26)22-15-8-4-6-13(2)10-15/h3-11,17,23H,20H2,1-2H3,(H,21,25)(H,22,26). The van der Waals surface area contributed by atoms with Crippen LogP contribution in [0.15, 0.2) is 60.4 Å². The summed E-state index contributed by atoms with van der Waals surface area (Å²) in [6.07, 6.45) is 0.541. The quantitative estimate of drug-likeness (QED) is 0.630. The Balaban J connectivity index is 1.63. The number of carbonyl (C=O) groups excluding carboxylic acids is 2. The van der Waals surface area contributed by atoms with Crippen LogP contribution < -0.4 is 21.8 Å². The fourth-order valence-electron chi connectivity index (χ4n) is 2.66. The van der Waals surface area contributed by atoms with Crippen LogP contribution in [-0.2, 0) is 9.59 Å². The van der Waals surface area contributed by atoms with Gasteiger partial charge in [0.25, 0.3) is 11.8 Å². The lowest BCUT2D eigenvalue weighted by atomic mass is 10.2. The second kappa shape index (κ2) is 7.28. The molecule has 1 atom stereocenters. The second-order valence-corrected chi connectivity index (χ2v) is 6.22. The molecule has 0 bridgehead atoms. The lowest BCUT2D eigenvalue weighted by Gasteiger charge is -2.20. The maximum atomic E-state index is 12.4. The van der Waals surface area contributed by atoms with E-state index in [2.05, 4.69) is 16.0 Å². The summed E-state index contributed by atoms with van der Waals surface area (Å²) >= 11 is 0. The van der Waals surface area contributed by atoms with E-state index in [0.29, 0.717) is 11.4 Å². The highest BCUT2D eigenvalue weighted by molar-refractivity contribution is 6.05. The van der Waals surface area contributed by atoms with Crippen molar-refractivity contribution < 1.29 is 9.59 Å². The van der Waals surface area contributed by atoms with E-state index < -0.39 is 6.17 Å². The van der Waals surface area contributed by atoms with Crippen LogP contribution in [-0.4, -0.2) is 23.0 Å². The van der Waals surface area contributed by atoms with Gasteiger partial charge in [0.15, 0.2) is 6.17 Å². The van der Waals surface area contributed by atoms with Crippen LogP contribution in [0, 0.1) is 13.8 Å². The number of benzene rings is 2. The van der Waals surface area contributed by atoms with E-state index in [4.69, 9.17) is 5.84 Å². The molecule has 0 aromatic heterocycles. The minimum Gasteiger partial charge on any atom is -0.351 e. The highest BCUT2D eigenvalue weighted by atomic mass is 16.2. The zero-order chi connectivity index (χ0) is 18.7. The van der Waals surface area contributed by atoms with Gasteiger partial charge in [0.05, 0.1) is 0 Å². The highest BCUT2D eigenvalue weighted by Gasteiger charge is 2.31. The average molecular weight is 351 g/mol. The van der Waals surface area contributed by atoms with Gasteiger partial charge in [0.2, 0.25) is 0 Å². The molecule has 7 heteroatoms. The molecule has 2 aromatic rings. The maximum absolute atomic E-state index is 12.4. The van der Waals surface area contributed by atoms with Gasteiger partial charge in [-0.05, 0) is 49.2 Å². The number of amides is 2. The third kappa shape index (κ3) is 4.01. The summed E-state index contributed by atoms with van der Waals surface area (Å²) < 4.78 is 0. The van der Waals surface area contributed by atoms with Crippen molar-refractivity contribution in [2.45, 2.75) is 20.0 Å². The van der Waals surface area contributed by atoms with Crippen molar-refractivity contribution in [2.24, 2.45) is 5.84 Å². The number of carbonyl (C=O) groups is 2. The largest absolute Gasteiger partial charge is 0.351 e. The molecule has 0 spiro atoms. The lowest BCUT2D eigenvalue weighted by Crippen LogP contribution is -2.49. The number of hydrazine groups is 1. The molecule has 0 saturated heterocycles. The van der Waals surface area contributed by atoms with Crippen LogP contribution in [0.3, 0.4) is 0 Å². The summed E-state index contributed by atoms with van der Waals surface area (Å²) in [5.41, 5.74) is 3.63. The Labute approximate surface area is 151 Å². The van der Waals surface area contributed by atoms with Gasteiger partial charge in [0, 0.05) is 17.6 Å². The number of rotatable bonds is 4. The SMILES string of the molecule is Cc1cccc(NC(=O)C2=CN(N)C(C(=O)Nc3cccc(C)c3)N2)c1. The number of nitrogens with two attached hydrogens (primary N) is 1. The molecule has 26 heavy (non-hydrogen) atoms. The van der Waals surface area contributed by atoms with Gasteiger partial charge < -0.3 is 16.0 Å². The second-order valence-electron chi connectivity index (χ2n) is 6.22. The van der Waals surface area contributed by atoms with Crippen LogP contribution in [0.5, 0.6) is 0 Å². The van der Waals surface area contributed by atoms with Crippen molar-refractivity contribution in [3.63, 3.8) is 0 Å². The Morgan fingerprint density at radius 1 is 1.00 bits per heavy atom. The van der Waals surface area contributed by atoms with Gasteiger partial charge in [-0.2, -0.15) is 0 Å². The Morgan fingerprint density at radius 3 is 2.15 bits per heavy atom. The number of nitrogens with one attached hydrogen (secondary N) is 3. The number of aryl methyl sites for hydroxylation is 2. The molecule has 1 aliphatic heterocycles. The number of hydrogen-bond donors (Lipinski definition) is 4. The third-order valence-electron chi connectivity index (χ3n) is 3.92. The average Bonchev–Trinajstić information content (AvgIpc) is 2.97. The monoisotopic (exact) mass is 351 g/mol. The van der Waals surface area contributed by atoms with Gasteiger partial charge in [0.1, 0.15) is 5.70 Å². The maximum Gasteiger partial charge on any atom is 0.273 e. The van der Waals surface area contributed by atoms with Crippen molar-refractivity contribution in [1.82, 2.24) is 10.3 Å². The predicted molar refractivity (Wildman–Crippen MR) is 101 cm³/mol. The molecule has 7 nitrogen and oxygen atoms in total. The van der Waals surface area contributed by atoms with E-state index in [9.17, 15) is 9.59 Å². The highest BCUT2D eigenvalue weighted by Crippen LogP contribution is 2.15. The first kappa shape index (κ1) is 17.5. The first-order chi connectivity index (χ1) is 12.4. The van der Waals surface area contributed by atoms with E-state index in [1.165, 1.54) is 11.2 Å². The third-order valence-corrected chi connectivity index (χ3v) is 3.92.